The lowest BCUT2D eigenvalue weighted by atomic mass is 9.88. The number of rotatable bonds is 7. The first kappa shape index (κ1) is 19.4. The number of carbonyl (C=O) groups excluding carboxylic acids is 1. The van der Waals surface area contributed by atoms with Crippen molar-refractivity contribution in [2.24, 2.45) is 23.7 Å². The molecule has 2 N–H and O–H groups in total. The molecule has 0 aromatic heterocycles. The normalized spacial score (nSPS) is 33.1. The van der Waals surface area contributed by atoms with Gasteiger partial charge < -0.3 is 14.9 Å². The summed E-state index contributed by atoms with van der Waals surface area (Å²) in [5, 5.41) is 20.8. The number of fused-ring (bicyclic) bond motifs is 1. The van der Waals surface area contributed by atoms with E-state index in [2.05, 4.69) is 23.0 Å². The van der Waals surface area contributed by atoms with Crippen LogP contribution in [0.1, 0.15) is 51.4 Å². The number of aliphatic hydroxyl groups is 2. The van der Waals surface area contributed by atoms with Crippen molar-refractivity contribution in [1.29, 1.82) is 0 Å². The van der Waals surface area contributed by atoms with Crippen LogP contribution in [0.2, 0.25) is 0 Å². The molecule has 0 aliphatic heterocycles. The molecule has 4 nitrogen and oxygen atoms in total. The van der Waals surface area contributed by atoms with Gasteiger partial charge in [-0.15, -0.1) is 0 Å². The zero-order valence-electron chi connectivity index (χ0n) is 15.7. The Morgan fingerprint density at radius 1 is 1.38 bits per heavy atom. The quantitative estimate of drug-likeness (QED) is 0.538. The summed E-state index contributed by atoms with van der Waals surface area (Å²) >= 11 is 0. The van der Waals surface area contributed by atoms with Crippen molar-refractivity contribution in [3.8, 4) is 0 Å². The summed E-state index contributed by atoms with van der Waals surface area (Å²) < 4.78 is 4.65. The molecule has 26 heavy (non-hydrogen) atoms. The molecule has 0 radical (unpaired) electrons. The lowest BCUT2D eigenvalue weighted by Gasteiger charge is -2.19. The highest BCUT2D eigenvalue weighted by molar-refractivity contribution is 5.69. The van der Waals surface area contributed by atoms with Gasteiger partial charge in [0.15, 0.2) is 0 Å². The third kappa shape index (κ3) is 4.66. The second-order valence-corrected chi connectivity index (χ2v) is 8.09. The van der Waals surface area contributed by atoms with Crippen molar-refractivity contribution in [2.75, 3.05) is 7.11 Å². The van der Waals surface area contributed by atoms with Gasteiger partial charge in [-0.25, -0.2) is 0 Å². The standard InChI is InChI=1S/C22H32O4/c1-26-22(25)9-5-2-6-15-12-17-14-21(24)18(19(17)13-15)10-11-20(23)16-7-3-4-8-16/h2,6,10-12,16-21,23-24H,3-5,7-9,13-14H2,1H3/t17-,18-,19-,20-,21+/m0/s1. The topological polar surface area (TPSA) is 66.8 Å². The molecule has 5 atom stereocenters. The van der Waals surface area contributed by atoms with Gasteiger partial charge in [0.2, 0.25) is 0 Å². The molecule has 2 saturated carbocycles. The van der Waals surface area contributed by atoms with Gasteiger partial charge in [-0.3, -0.25) is 4.79 Å². The van der Waals surface area contributed by atoms with E-state index in [1.807, 2.05) is 12.2 Å². The Balaban J connectivity index is 1.52. The Hall–Kier alpha value is -1.39. The van der Waals surface area contributed by atoms with Crippen molar-refractivity contribution in [3.63, 3.8) is 0 Å². The van der Waals surface area contributed by atoms with Crippen LogP contribution in [0.3, 0.4) is 0 Å². The maximum absolute atomic E-state index is 11.1. The number of ether oxygens (including phenoxy) is 1. The fraction of sp³-hybridized carbons (Fsp3) is 0.682. The van der Waals surface area contributed by atoms with Gasteiger partial charge in [-0.2, -0.15) is 0 Å². The highest BCUT2D eigenvalue weighted by atomic mass is 16.5. The summed E-state index contributed by atoms with van der Waals surface area (Å²) in [5.41, 5.74) is 1.30. The molecule has 0 heterocycles. The zero-order valence-corrected chi connectivity index (χ0v) is 15.7. The van der Waals surface area contributed by atoms with Crippen LogP contribution in [-0.2, 0) is 9.53 Å². The summed E-state index contributed by atoms with van der Waals surface area (Å²) in [6.07, 6.45) is 17.3. The van der Waals surface area contributed by atoms with E-state index in [0.29, 0.717) is 30.6 Å². The fourth-order valence-corrected chi connectivity index (χ4v) is 4.91. The summed E-state index contributed by atoms with van der Waals surface area (Å²) in [4.78, 5) is 11.1. The molecule has 4 heteroatoms. The van der Waals surface area contributed by atoms with E-state index < -0.39 is 0 Å². The molecular formula is C22H32O4. The molecule has 0 spiro atoms. The van der Waals surface area contributed by atoms with E-state index in [1.54, 1.807) is 0 Å². The molecule has 3 aliphatic rings. The smallest absolute Gasteiger partial charge is 0.305 e. The van der Waals surface area contributed by atoms with Crippen LogP contribution in [0.15, 0.2) is 36.0 Å². The molecular weight excluding hydrogens is 328 g/mol. The molecule has 0 bridgehead atoms. The van der Waals surface area contributed by atoms with Crippen LogP contribution < -0.4 is 0 Å². The van der Waals surface area contributed by atoms with Crippen molar-refractivity contribution < 1.29 is 19.7 Å². The van der Waals surface area contributed by atoms with E-state index in [1.165, 1.54) is 25.5 Å². The summed E-state index contributed by atoms with van der Waals surface area (Å²) in [6.45, 7) is 0. The van der Waals surface area contributed by atoms with Gasteiger partial charge >= 0.3 is 5.97 Å². The first-order valence-electron chi connectivity index (χ1n) is 10.1. The van der Waals surface area contributed by atoms with Gasteiger partial charge in [0.1, 0.15) is 0 Å². The minimum absolute atomic E-state index is 0.133. The van der Waals surface area contributed by atoms with E-state index in [4.69, 9.17) is 0 Å². The van der Waals surface area contributed by atoms with E-state index in [0.717, 1.165) is 25.7 Å². The fourth-order valence-electron chi connectivity index (χ4n) is 4.91. The second-order valence-electron chi connectivity index (χ2n) is 8.09. The van der Waals surface area contributed by atoms with Crippen LogP contribution in [0, 0.1) is 23.7 Å². The third-order valence-corrected chi connectivity index (χ3v) is 6.39. The van der Waals surface area contributed by atoms with E-state index in [-0.39, 0.29) is 24.1 Å². The maximum atomic E-state index is 11.1. The first-order chi connectivity index (χ1) is 12.6. The summed E-state index contributed by atoms with van der Waals surface area (Å²) in [5.74, 6) is 1.20. The minimum atomic E-state index is -0.365. The second kappa shape index (κ2) is 9.01. The Kier molecular flexibility index (Phi) is 6.71. The highest BCUT2D eigenvalue weighted by Gasteiger charge is 2.43. The van der Waals surface area contributed by atoms with Crippen LogP contribution in [-0.4, -0.2) is 35.5 Å². The highest BCUT2D eigenvalue weighted by Crippen LogP contribution is 2.47. The molecule has 0 saturated heterocycles. The lowest BCUT2D eigenvalue weighted by Crippen LogP contribution is -2.19. The number of hydrogen-bond acceptors (Lipinski definition) is 4. The van der Waals surface area contributed by atoms with Crippen LogP contribution >= 0.6 is 0 Å². The monoisotopic (exact) mass is 360 g/mol. The summed E-state index contributed by atoms with van der Waals surface area (Å²) in [7, 11) is 1.41. The van der Waals surface area contributed by atoms with E-state index >= 15 is 0 Å². The van der Waals surface area contributed by atoms with Gasteiger partial charge in [0.05, 0.1) is 19.3 Å². The Labute approximate surface area is 156 Å². The molecule has 3 aliphatic carbocycles. The Morgan fingerprint density at radius 3 is 2.88 bits per heavy atom. The lowest BCUT2D eigenvalue weighted by molar-refractivity contribution is -0.140. The van der Waals surface area contributed by atoms with Crippen LogP contribution in [0.4, 0.5) is 0 Å². The van der Waals surface area contributed by atoms with E-state index in [9.17, 15) is 15.0 Å². The molecule has 0 aromatic carbocycles. The third-order valence-electron chi connectivity index (χ3n) is 6.39. The summed E-state index contributed by atoms with van der Waals surface area (Å²) in [6, 6.07) is 0. The number of methoxy groups -OCH3 is 1. The average Bonchev–Trinajstić information content (AvgIpc) is 3.33. The predicted octanol–water partition coefficient (Wildman–Crippen LogP) is 3.55. The molecule has 144 valence electrons. The van der Waals surface area contributed by atoms with Crippen molar-refractivity contribution in [1.82, 2.24) is 0 Å². The number of carbonyl (C=O) groups is 1. The largest absolute Gasteiger partial charge is 0.469 e. The van der Waals surface area contributed by atoms with Crippen LogP contribution in [0.5, 0.6) is 0 Å². The number of esters is 1. The molecule has 0 unspecified atom stereocenters. The number of aliphatic hydroxyl groups excluding tert-OH is 2. The van der Waals surface area contributed by atoms with Gasteiger partial charge in [0.25, 0.3) is 0 Å². The van der Waals surface area contributed by atoms with Crippen molar-refractivity contribution >= 4 is 5.97 Å². The molecule has 0 amide bonds. The van der Waals surface area contributed by atoms with Gasteiger partial charge in [-0.1, -0.05) is 48.8 Å². The Bertz CT molecular complexity index is 571. The van der Waals surface area contributed by atoms with Gasteiger partial charge in [-0.05, 0) is 49.9 Å². The predicted molar refractivity (Wildman–Crippen MR) is 101 cm³/mol. The van der Waals surface area contributed by atoms with Gasteiger partial charge in [0, 0.05) is 12.3 Å². The minimum Gasteiger partial charge on any atom is -0.469 e. The van der Waals surface area contributed by atoms with Crippen LogP contribution in [0.25, 0.3) is 0 Å². The zero-order chi connectivity index (χ0) is 18.5. The average molecular weight is 360 g/mol. The number of hydrogen-bond donors (Lipinski definition) is 2. The molecule has 2 fully saturated rings. The maximum Gasteiger partial charge on any atom is 0.305 e. The number of allylic oxidation sites excluding steroid dienone is 4. The molecule has 0 aromatic rings. The SMILES string of the molecule is COC(=O)CCC=CC1=C[C@H]2C[C@@H](O)[C@@H](C=C[C@H](O)C3CCCC3)[C@H]2C1. The Morgan fingerprint density at radius 2 is 2.15 bits per heavy atom. The van der Waals surface area contributed by atoms with Crippen molar-refractivity contribution in [2.45, 2.75) is 63.6 Å². The molecule has 3 rings (SSSR count). The van der Waals surface area contributed by atoms with Crippen molar-refractivity contribution in [3.05, 3.63) is 36.0 Å². The first-order valence-corrected chi connectivity index (χ1v) is 10.1.